The van der Waals surface area contributed by atoms with E-state index in [2.05, 4.69) is 31.0 Å². The van der Waals surface area contributed by atoms with Gasteiger partial charge in [-0.1, -0.05) is 0 Å². The highest BCUT2D eigenvalue weighted by molar-refractivity contribution is 7.89. The first-order chi connectivity index (χ1) is 20.9. The van der Waals surface area contributed by atoms with Gasteiger partial charge in [-0.2, -0.15) is 9.40 Å². The van der Waals surface area contributed by atoms with Crippen molar-refractivity contribution >= 4 is 39.0 Å². The number of carbonyl (C=O) groups is 2. The third kappa shape index (κ3) is 5.56. The molecule has 6 rings (SSSR count). The summed E-state index contributed by atoms with van der Waals surface area (Å²) >= 11 is 0. The topological polar surface area (TPSA) is 149 Å². The van der Waals surface area contributed by atoms with Crippen LogP contribution in [0.15, 0.2) is 41.3 Å². The Labute approximate surface area is 253 Å². The lowest BCUT2D eigenvalue weighted by molar-refractivity contribution is -0.117. The molecule has 1 atom stereocenters. The molecule has 0 spiro atoms. The van der Waals surface area contributed by atoms with E-state index in [1.807, 2.05) is 0 Å². The number of benzene rings is 2. The average Bonchev–Trinajstić information content (AvgIpc) is 3.72. The van der Waals surface area contributed by atoms with Crippen molar-refractivity contribution in [3.05, 3.63) is 64.9 Å². The lowest BCUT2D eigenvalue weighted by atomic mass is 10.0. The number of rotatable bonds is 7. The maximum Gasteiger partial charge on any atom is 0.258 e. The Morgan fingerprint density at radius 1 is 1.07 bits per heavy atom. The predicted octanol–water partition coefficient (Wildman–Crippen LogP) is 2.91. The van der Waals surface area contributed by atoms with Gasteiger partial charge in [0, 0.05) is 37.0 Å². The van der Waals surface area contributed by atoms with Crippen LogP contribution in [0, 0.1) is 11.6 Å². The summed E-state index contributed by atoms with van der Waals surface area (Å²) in [6, 6.07) is 6.95. The summed E-state index contributed by atoms with van der Waals surface area (Å²) in [7, 11) is -4.34. The molecule has 3 aliphatic heterocycles. The number of anilines is 3. The summed E-state index contributed by atoms with van der Waals surface area (Å²) in [6.07, 6.45) is 1.56. The van der Waals surface area contributed by atoms with Crippen molar-refractivity contribution in [2.75, 3.05) is 48.4 Å². The van der Waals surface area contributed by atoms with E-state index in [9.17, 15) is 26.8 Å². The second-order valence-corrected chi connectivity index (χ2v) is 13.4. The van der Waals surface area contributed by atoms with Gasteiger partial charge in [0.15, 0.2) is 5.82 Å². The minimum Gasteiger partial charge on any atom is -0.378 e. The number of nitrogens with one attached hydrogen (secondary N) is 4. The second kappa shape index (κ2) is 11.5. The summed E-state index contributed by atoms with van der Waals surface area (Å²) in [4.78, 5) is 28.3. The summed E-state index contributed by atoms with van der Waals surface area (Å²) in [5.74, 6) is -2.73. The maximum absolute atomic E-state index is 13.9. The van der Waals surface area contributed by atoms with Crippen LogP contribution in [0.1, 0.15) is 48.3 Å². The molecule has 3 aliphatic rings. The molecule has 3 aromatic rings. The van der Waals surface area contributed by atoms with Gasteiger partial charge in [-0.05, 0) is 63.6 Å². The van der Waals surface area contributed by atoms with Crippen LogP contribution in [-0.2, 0) is 31.6 Å². The zero-order chi connectivity index (χ0) is 31.2. The van der Waals surface area contributed by atoms with E-state index >= 15 is 0 Å². The number of hydrogen-bond donors (Lipinski definition) is 4. The third-order valence-electron chi connectivity index (χ3n) is 8.32. The Balaban J connectivity index is 1.28. The van der Waals surface area contributed by atoms with E-state index in [-0.39, 0.29) is 29.9 Å². The van der Waals surface area contributed by atoms with Gasteiger partial charge < -0.3 is 25.6 Å². The smallest absolute Gasteiger partial charge is 0.258 e. The molecule has 2 fully saturated rings. The summed E-state index contributed by atoms with van der Waals surface area (Å²) in [6.45, 7) is 6.26. The molecule has 44 heavy (non-hydrogen) atoms. The van der Waals surface area contributed by atoms with Crippen LogP contribution in [0.25, 0.3) is 0 Å². The molecule has 2 aromatic carbocycles. The molecular formula is C29H33F2N7O5S. The van der Waals surface area contributed by atoms with Crippen LogP contribution in [0.5, 0.6) is 0 Å². The molecule has 0 saturated carbocycles. The quantitative estimate of drug-likeness (QED) is 0.312. The number of hydrogen-bond acceptors (Lipinski definition) is 8. The number of H-pyrrole nitrogens is 1. The zero-order valence-electron chi connectivity index (χ0n) is 24.2. The Kier molecular flexibility index (Phi) is 7.90. The Bertz CT molecular complexity index is 1700. The van der Waals surface area contributed by atoms with Crippen LogP contribution in [-0.4, -0.2) is 73.6 Å². The molecule has 234 valence electrons. The molecule has 2 saturated heterocycles. The number of sulfonamides is 1. The first-order valence-electron chi connectivity index (χ1n) is 14.3. The molecule has 2 amide bonds. The number of fused-ring (bicyclic) bond motifs is 1. The maximum atomic E-state index is 13.9. The van der Waals surface area contributed by atoms with Gasteiger partial charge in [0.1, 0.15) is 11.6 Å². The molecule has 0 unspecified atom stereocenters. The van der Waals surface area contributed by atoms with Gasteiger partial charge in [-0.25, -0.2) is 17.2 Å². The number of halogens is 2. The number of amides is 2. The Hall–Kier alpha value is -3.92. The van der Waals surface area contributed by atoms with Gasteiger partial charge in [0.2, 0.25) is 15.9 Å². The number of morpholine rings is 1. The van der Waals surface area contributed by atoms with Crippen molar-refractivity contribution in [2.24, 2.45) is 0 Å². The molecule has 0 bridgehead atoms. The fourth-order valence-corrected chi connectivity index (χ4v) is 7.71. The van der Waals surface area contributed by atoms with Gasteiger partial charge >= 0.3 is 0 Å². The normalized spacial score (nSPS) is 20.0. The van der Waals surface area contributed by atoms with E-state index in [4.69, 9.17) is 4.74 Å². The molecule has 12 nitrogen and oxygen atoms in total. The van der Waals surface area contributed by atoms with Gasteiger partial charge in [-0.15, -0.1) is 0 Å². The molecule has 0 aliphatic carbocycles. The highest BCUT2D eigenvalue weighted by Crippen LogP contribution is 2.44. The molecule has 1 aromatic heterocycles. The third-order valence-corrected chi connectivity index (χ3v) is 10.3. The second-order valence-electron chi connectivity index (χ2n) is 11.5. The van der Waals surface area contributed by atoms with E-state index < -0.39 is 38.0 Å². The van der Waals surface area contributed by atoms with Crippen LogP contribution in [0.2, 0.25) is 0 Å². The van der Waals surface area contributed by atoms with Crippen molar-refractivity contribution in [3.63, 3.8) is 0 Å². The van der Waals surface area contributed by atoms with E-state index in [1.165, 1.54) is 0 Å². The first kappa shape index (κ1) is 30.1. The number of ether oxygens (including phenoxy) is 1. The molecule has 0 radical (unpaired) electrons. The van der Waals surface area contributed by atoms with Crippen LogP contribution < -0.4 is 20.9 Å². The average molecular weight is 630 g/mol. The van der Waals surface area contributed by atoms with Crippen molar-refractivity contribution in [1.29, 1.82) is 0 Å². The fraction of sp³-hybridized carbons (Fsp3) is 0.414. The van der Waals surface area contributed by atoms with E-state index in [1.54, 1.807) is 32.0 Å². The van der Waals surface area contributed by atoms with Crippen molar-refractivity contribution < 1.29 is 31.5 Å². The summed E-state index contributed by atoms with van der Waals surface area (Å²) in [5.41, 5.74) is 1.01. The lowest BCUT2D eigenvalue weighted by Gasteiger charge is -2.30. The van der Waals surface area contributed by atoms with Crippen molar-refractivity contribution in [3.8, 4) is 0 Å². The first-order valence-corrected chi connectivity index (χ1v) is 15.8. The summed E-state index contributed by atoms with van der Waals surface area (Å²) in [5, 5.41) is 15.9. The lowest BCUT2D eigenvalue weighted by Crippen LogP contribution is -2.40. The summed E-state index contributed by atoms with van der Waals surface area (Å²) < 4.78 is 61.4. The number of aromatic amines is 1. The van der Waals surface area contributed by atoms with Crippen LogP contribution >= 0.6 is 0 Å². The molecule has 4 N–H and O–H groups in total. The molecule has 15 heteroatoms. The standard InChI is InChI=1S/C29H33F2N7O5S/c1-29(2)25-22(16-38(29)44(41,42)20-13-17(30)12-18(31)14-20)26(36-35-25)34-27(39)21-6-5-19(37-8-10-43-11-9-37)15-24(21)33-28(40)23-4-3-7-32-23/h5-6,12-15,23,32H,3-4,7-11,16H2,1-2H3,(H,33,40)(H2,34,35,36,39)/t23-/m0/s1. The number of carbonyl (C=O) groups excluding carboxylic acids is 2. The van der Waals surface area contributed by atoms with Gasteiger partial charge in [0.05, 0.1) is 46.6 Å². The van der Waals surface area contributed by atoms with Crippen LogP contribution in [0.3, 0.4) is 0 Å². The number of aromatic nitrogens is 2. The van der Waals surface area contributed by atoms with E-state index in [0.717, 1.165) is 35.1 Å². The highest BCUT2D eigenvalue weighted by atomic mass is 32.2. The predicted molar refractivity (Wildman–Crippen MR) is 158 cm³/mol. The van der Waals surface area contributed by atoms with Gasteiger partial charge in [0.25, 0.3) is 5.91 Å². The van der Waals surface area contributed by atoms with Crippen LogP contribution in [0.4, 0.5) is 26.0 Å². The molecule has 4 heterocycles. The Morgan fingerprint density at radius 2 is 1.80 bits per heavy atom. The zero-order valence-corrected chi connectivity index (χ0v) is 25.1. The largest absolute Gasteiger partial charge is 0.378 e. The van der Waals surface area contributed by atoms with Crippen molar-refractivity contribution in [2.45, 2.75) is 49.7 Å². The highest BCUT2D eigenvalue weighted by Gasteiger charge is 2.48. The number of nitrogens with zero attached hydrogens (tertiary/aromatic N) is 3. The molecular weight excluding hydrogens is 596 g/mol. The van der Waals surface area contributed by atoms with E-state index in [0.29, 0.717) is 55.7 Å². The SMILES string of the molecule is CC1(C)c2[nH]nc(NC(=O)c3ccc(N4CCOCC4)cc3NC(=O)[C@@H]3CCCN3)c2CN1S(=O)(=O)c1cc(F)cc(F)c1. The Morgan fingerprint density at radius 3 is 2.48 bits per heavy atom. The fourth-order valence-electron chi connectivity index (χ4n) is 5.94. The minimum absolute atomic E-state index is 0.105. The van der Waals surface area contributed by atoms with Gasteiger partial charge in [-0.3, -0.25) is 14.7 Å². The minimum atomic E-state index is -4.34. The monoisotopic (exact) mass is 629 g/mol. The van der Waals surface area contributed by atoms with Crippen molar-refractivity contribution in [1.82, 2.24) is 19.8 Å².